The maximum atomic E-state index is 13.4. The first-order valence-electron chi connectivity index (χ1n) is 4.84. The summed E-state index contributed by atoms with van der Waals surface area (Å²) in [6, 6.07) is 2.99. The van der Waals surface area contributed by atoms with Crippen LogP contribution in [0.15, 0.2) is 18.3 Å². The Morgan fingerprint density at radius 2 is 2.53 bits per heavy atom. The maximum Gasteiger partial charge on any atom is 0.165 e. The summed E-state index contributed by atoms with van der Waals surface area (Å²) >= 11 is 5.71. The van der Waals surface area contributed by atoms with Crippen LogP contribution >= 0.6 is 11.6 Å². The maximum absolute atomic E-state index is 13.4. The minimum absolute atomic E-state index is 0.0400. The SMILES string of the molecule is Fc1cccnc1N1CCOC(CCl)C1. The van der Waals surface area contributed by atoms with Gasteiger partial charge in [-0.2, -0.15) is 0 Å². The number of rotatable bonds is 2. The second-order valence-corrected chi connectivity index (χ2v) is 3.71. The molecule has 1 aliphatic heterocycles. The highest BCUT2D eigenvalue weighted by Crippen LogP contribution is 2.18. The van der Waals surface area contributed by atoms with Crippen molar-refractivity contribution in [3.8, 4) is 0 Å². The molecule has 1 aromatic rings. The summed E-state index contributed by atoms with van der Waals surface area (Å²) < 4.78 is 18.8. The number of aromatic nitrogens is 1. The summed E-state index contributed by atoms with van der Waals surface area (Å²) in [6.07, 6.45) is 1.55. The van der Waals surface area contributed by atoms with Crippen molar-refractivity contribution in [3.05, 3.63) is 24.1 Å². The van der Waals surface area contributed by atoms with E-state index >= 15 is 0 Å². The van der Waals surface area contributed by atoms with Crippen LogP contribution in [0.3, 0.4) is 0 Å². The fourth-order valence-electron chi connectivity index (χ4n) is 1.62. The van der Waals surface area contributed by atoms with Gasteiger partial charge in [0.15, 0.2) is 11.6 Å². The normalized spacial score (nSPS) is 21.7. The van der Waals surface area contributed by atoms with E-state index in [9.17, 15) is 4.39 Å². The van der Waals surface area contributed by atoms with Crippen LogP contribution in [0.25, 0.3) is 0 Å². The Labute approximate surface area is 92.8 Å². The van der Waals surface area contributed by atoms with Gasteiger partial charge in [-0.05, 0) is 12.1 Å². The molecule has 0 aliphatic carbocycles. The molecule has 1 atom stereocenters. The van der Waals surface area contributed by atoms with Crippen LogP contribution in [0.5, 0.6) is 0 Å². The fourth-order valence-corrected chi connectivity index (χ4v) is 1.80. The number of hydrogen-bond acceptors (Lipinski definition) is 3. The molecule has 82 valence electrons. The zero-order valence-electron chi connectivity index (χ0n) is 8.20. The number of ether oxygens (including phenoxy) is 1. The van der Waals surface area contributed by atoms with Crippen molar-refractivity contribution in [1.29, 1.82) is 0 Å². The second kappa shape index (κ2) is 4.77. The molecular weight excluding hydrogens is 219 g/mol. The van der Waals surface area contributed by atoms with Crippen LogP contribution in [-0.4, -0.2) is 36.7 Å². The Balaban J connectivity index is 2.13. The molecular formula is C10H12ClFN2O. The molecule has 2 heterocycles. The molecule has 0 radical (unpaired) electrons. The third-order valence-electron chi connectivity index (χ3n) is 2.35. The zero-order valence-corrected chi connectivity index (χ0v) is 8.95. The van der Waals surface area contributed by atoms with Crippen molar-refractivity contribution in [3.63, 3.8) is 0 Å². The quantitative estimate of drug-likeness (QED) is 0.723. The average Bonchev–Trinajstić information content (AvgIpc) is 2.30. The van der Waals surface area contributed by atoms with Gasteiger partial charge in [-0.25, -0.2) is 9.37 Å². The predicted octanol–water partition coefficient (Wildman–Crippen LogP) is 1.66. The highest BCUT2D eigenvalue weighted by atomic mass is 35.5. The van der Waals surface area contributed by atoms with Gasteiger partial charge < -0.3 is 9.64 Å². The van der Waals surface area contributed by atoms with E-state index in [1.54, 1.807) is 12.3 Å². The van der Waals surface area contributed by atoms with Crippen molar-refractivity contribution in [2.24, 2.45) is 0 Å². The van der Waals surface area contributed by atoms with Gasteiger partial charge in [0.2, 0.25) is 0 Å². The molecule has 0 amide bonds. The van der Waals surface area contributed by atoms with Crippen molar-refractivity contribution in [1.82, 2.24) is 4.98 Å². The van der Waals surface area contributed by atoms with Crippen LogP contribution < -0.4 is 4.90 Å². The summed E-state index contributed by atoms with van der Waals surface area (Å²) in [5.74, 6) is 0.508. The number of halogens is 2. The van der Waals surface area contributed by atoms with E-state index < -0.39 is 0 Å². The third-order valence-corrected chi connectivity index (χ3v) is 2.69. The van der Waals surface area contributed by atoms with E-state index in [0.717, 1.165) is 0 Å². The lowest BCUT2D eigenvalue weighted by molar-refractivity contribution is 0.0549. The molecule has 0 spiro atoms. The summed E-state index contributed by atoms with van der Waals surface area (Å²) in [4.78, 5) is 5.89. The van der Waals surface area contributed by atoms with Crippen LogP contribution in [-0.2, 0) is 4.74 Å². The molecule has 1 unspecified atom stereocenters. The molecule has 1 saturated heterocycles. The number of morpholine rings is 1. The summed E-state index contributed by atoms with van der Waals surface area (Å²) in [5.41, 5.74) is 0. The molecule has 0 aromatic carbocycles. The average molecular weight is 231 g/mol. The molecule has 5 heteroatoms. The van der Waals surface area contributed by atoms with Crippen molar-refractivity contribution in [2.75, 3.05) is 30.5 Å². The molecule has 15 heavy (non-hydrogen) atoms. The Kier molecular flexibility index (Phi) is 3.38. The number of hydrogen-bond donors (Lipinski definition) is 0. The van der Waals surface area contributed by atoms with Crippen LogP contribution in [0.1, 0.15) is 0 Å². The van der Waals surface area contributed by atoms with Crippen molar-refractivity contribution < 1.29 is 9.13 Å². The lowest BCUT2D eigenvalue weighted by atomic mass is 10.3. The van der Waals surface area contributed by atoms with Gasteiger partial charge >= 0.3 is 0 Å². The smallest absolute Gasteiger partial charge is 0.165 e. The zero-order chi connectivity index (χ0) is 10.7. The van der Waals surface area contributed by atoms with Crippen LogP contribution in [0, 0.1) is 5.82 Å². The summed E-state index contributed by atoms with van der Waals surface area (Å²) in [7, 11) is 0. The van der Waals surface area contributed by atoms with E-state index in [0.29, 0.717) is 31.4 Å². The number of anilines is 1. The van der Waals surface area contributed by atoms with E-state index in [4.69, 9.17) is 16.3 Å². The van der Waals surface area contributed by atoms with Crippen LogP contribution in [0.2, 0.25) is 0 Å². The summed E-state index contributed by atoms with van der Waals surface area (Å²) in [5, 5.41) is 0. The van der Waals surface area contributed by atoms with Gasteiger partial charge in [0.05, 0.1) is 18.6 Å². The standard InChI is InChI=1S/C10H12ClFN2O/c11-6-8-7-14(4-5-15-8)10-9(12)2-1-3-13-10/h1-3,8H,4-7H2. The minimum Gasteiger partial charge on any atom is -0.373 e. The molecule has 1 aromatic heterocycles. The Bertz CT molecular complexity index is 337. The monoisotopic (exact) mass is 230 g/mol. The van der Waals surface area contributed by atoms with Gasteiger partial charge in [-0.15, -0.1) is 11.6 Å². The summed E-state index contributed by atoms with van der Waals surface area (Å²) in [6.45, 7) is 1.81. The molecule has 0 bridgehead atoms. The largest absolute Gasteiger partial charge is 0.373 e. The number of nitrogens with zero attached hydrogens (tertiary/aromatic N) is 2. The Morgan fingerprint density at radius 1 is 1.67 bits per heavy atom. The second-order valence-electron chi connectivity index (χ2n) is 3.40. The van der Waals surface area contributed by atoms with Gasteiger partial charge in [0.1, 0.15) is 0 Å². The topological polar surface area (TPSA) is 25.4 Å². The molecule has 1 fully saturated rings. The third kappa shape index (κ3) is 2.38. The highest BCUT2D eigenvalue weighted by Gasteiger charge is 2.22. The Morgan fingerprint density at radius 3 is 3.27 bits per heavy atom. The highest BCUT2D eigenvalue weighted by molar-refractivity contribution is 6.18. The molecule has 3 nitrogen and oxygen atoms in total. The first-order chi connectivity index (χ1) is 7.31. The van der Waals surface area contributed by atoms with E-state index in [2.05, 4.69) is 4.98 Å². The lowest BCUT2D eigenvalue weighted by Gasteiger charge is -2.32. The number of alkyl halides is 1. The minimum atomic E-state index is -0.298. The van der Waals surface area contributed by atoms with Gasteiger partial charge in [-0.1, -0.05) is 0 Å². The molecule has 1 aliphatic rings. The molecule has 2 rings (SSSR count). The van der Waals surface area contributed by atoms with Gasteiger partial charge in [0, 0.05) is 19.3 Å². The van der Waals surface area contributed by atoms with E-state index in [1.165, 1.54) is 6.07 Å². The van der Waals surface area contributed by atoms with Crippen molar-refractivity contribution in [2.45, 2.75) is 6.10 Å². The number of pyridine rings is 1. The predicted molar refractivity (Wildman–Crippen MR) is 56.9 cm³/mol. The van der Waals surface area contributed by atoms with E-state index in [-0.39, 0.29) is 11.9 Å². The Hall–Kier alpha value is -0.870. The van der Waals surface area contributed by atoms with Gasteiger partial charge in [0.25, 0.3) is 0 Å². The lowest BCUT2D eigenvalue weighted by Crippen LogP contribution is -2.44. The van der Waals surface area contributed by atoms with Gasteiger partial charge in [-0.3, -0.25) is 0 Å². The van der Waals surface area contributed by atoms with Crippen molar-refractivity contribution >= 4 is 17.4 Å². The molecule has 0 saturated carbocycles. The molecule has 0 N–H and O–H groups in total. The fraction of sp³-hybridized carbons (Fsp3) is 0.500. The van der Waals surface area contributed by atoms with Crippen LogP contribution in [0.4, 0.5) is 10.2 Å². The first kappa shape index (κ1) is 10.6. The first-order valence-corrected chi connectivity index (χ1v) is 5.37. The van der Waals surface area contributed by atoms with E-state index in [1.807, 2.05) is 4.90 Å².